The van der Waals surface area contributed by atoms with Crippen LogP contribution in [0.15, 0.2) is 36.7 Å². The Kier molecular flexibility index (Phi) is 6.23. The van der Waals surface area contributed by atoms with Crippen LogP contribution in [-0.4, -0.2) is 58.4 Å². The maximum atomic E-state index is 14.4. The van der Waals surface area contributed by atoms with Gasteiger partial charge in [-0.15, -0.1) is 0 Å². The largest absolute Gasteiger partial charge is 0.493 e. The summed E-state index contributed by atoms with van der Waals surface area (Å²) in [4.78, 5) is 11.0. The number of ether oxygens (including phenoxy) is 2. The predicted octanol–water partition coefficient (Wildman–Crippen LogP) is 4.54. The van der Waals surface area contributed by atoms with E-state index in [2.05, 4.69) is 20.2 Å². The molecule has 0 atom stereocenters. The Morgan fingerprint density at radius 1 is 1.12 bits per heavy atom. The highest BCUT2D eigenvalue weighted by molar-refractivity contribution is 6.31. The molecule has 2 heterocycles. The van der Waals surface area contributed by atoms with Crippen molar-refractivity contribution in [1.82, 2.24) is 14.9 Å². The minimum absolute atomic E-state index is 0.0346. The number of anilines is 2. The Hall–Kier alpha value is -2.68. The summed E-state index contributed by atoms with van der Waals surface area (Å²) in [6.45, 7) is 1.55. The number of aliphatic hydroxyl groups is 1. The molecule has 0 spiro atoms. The van der Waals surface area contributed by atoms with Crippen molar-refractivity contribution in [3.63, 3.8) is 0 Å². The normalized spacial score (nSPS) is 21.6. The third-order valence-electron chi connectivity index (χ3n) is 6.47. The molecule has 1 saturated carbocycles. The van der Waals surface area contributed by atoms with E-state index < -0.39 is 5.82 Å². The first-order valence-electron chi connectivity index (χ1n) is 11.1. The number of hydrogen-bond donors (Lipinski definition) is 2. The van der Waals surface area contributed by atoms with Crippen molar-refractivity contribution >= 4 is 34.0 Å². The lowest BCUT2D eigenvalue weighted by Gasteiger charge is -2.44. The van der Waals surface area contributed by atoms with Crippen LogP contribution in [0.2, 0.25) is 5.02 Å². The molecule has 2 aromatic carbocycles. The molecule has 7 nitrogen and oxygen atoms in total. The zero-order valence-electron chi connectivity index (χ0n) is 18.3. The summed E-state index contributed by atoms with van der Waals surface area (Å²) >= 11 is 5.92. The second kappa shape index (κ2) is 9.29. The van der Waals surface area contributed by atoms with Gasteiger partial charge in [0, 0.05) is 30.6 Å². The summed E-state index contributed by atoms with van der Waals surface area (Å²) in [7, 11) is 1.60. The Morgan fingerprint density at radius 3 is 2.64 bits per heavy atom. The SMILES string of the molecule is COc1cc2ncnc(Nc3cccc(Cl)c3F)c2cc1OC1CCC(N2CC(O)C2)CC1. The van der Waals surface area contributed by atoms with Crippen LogP contribution < -0.4 is 14.8 Å². The van der Waals surface area contributed by atoms with E-state index in [9.17, 15) is 9.50 Å². The Balaban J connectivity index is 1.37. The van der Waals surface area contributed by atoms with Crippen LogP contribution in [0.5, 0.6) is 11.5 Å². The number of halogens is 2. The van der Waals surface area contributed by atoms with Gasteiger partial charge in [-0.05, 0) is 43.9 Å². The molecule has 2 aliphatic rings. The van der Waals surface area contributed by atoms with Gasteiger partial charge < -0.3 is 19.9 Å². The number of rotatable bonds is 6. The summed E-state index contributed by atoms with van der Waals surface area (Å²) in [6.07, 6.45) is 5.26. The van der Waals surface area contributed by atoms with Gasteiger partial charge in [0.2, 0.25) is 0 Å². The van der Waals surface area contributed by atoms with E-state index in [1.165, 1.54) is 12.4 Å². The zero-order chi connectivity index (χ0) is 22.9. The number of likely N-dealkylation sites (tertiary alicyclic amines) is 1. The highest BCUT2D eigenvalue weighted by atomic mass is 35.5. The maximum Gasteiger partial charge on any atom is 0.165 e. The average molecular weight is 473 g/mol. The van der Waals surface area contributed by atoms with Crippen molar-refractivity contribution in [2.75, 3.05) is 25.5 Å². The Morgan fingerprint density at radius 2 is 1.91 bits per heavy atom. The average Bonchev–Trinajstić information content (AvgIpc) is 2.80. The van der Waals surface area contributed by atoms with E-state index in [0.717, 1.165) is 38.8 Å². The van der Waals surface area contributed by atoms with Crippen LogP contribution in [0.3, 0.4) is 0 Å². The van der Waals surface area contributed by atoms with Crippen LogP contribution in [0.25, 0.3) is 10.9 Å². The van der Waals surface area contributed by atoms with Gasteiger partial charge in [-0.25, -0.2) is 14.4 Å². The molecule has 1 saturated heterocycles. The lowest BCUT2D eigenvalue weighted by atomic mass is 9.90. The lowest BCUT2D eigenvalue weighted by molar-refractivity contribution is -0.0409. The zero-order valence-corrected chi connectivity index (χ0v) is 19.1. The lowest BCUT2D eigenvalue weighted by Crippen LogP contribution is -2.56. The van der Waals surface area contributed by atoms with E-state index in [-0.39, 0.29) is 22.9 Å². The van der Waals surface area contributed by atoms with Gasteiger partial charge in [-0.3, -0.25) is 4.90 Å². The molecule has 1 aliphatic carbocycles. The fourth-order valence-electron chi connectivity index (χ4n) is 4.64. The molecule has 5 rings (SSSR count). The first-order chi connectivity index (χ1) is 16.0. The van der Waals surface area contributed by atoms with E-state index in [1.807, 2.05) is 6.07 Å². The molecular weight excluding hydrogens is 447 g/mol. The van der Waals surface area contributed by atoms with E-state index in [0.29, 0.717) is 34.3 Å². The standard InChI is InChI=1S/C24H26ClFN4O3/c1-32-21-10-20-17(24(28-13-27-20)29-19-4-2-3-18(25)23(19)26)9-22(21)33-16-7-5-14(6-8-16)30-11-15(31)12-30/h2-4,9-10,13-16,31H,5-8,11-12H2,1H3,(H,27,28,29). The van der Waals surface area contributed by atoms with Gasteiger partial charge in [-0.1, -0.05) is 17.7 Å². The van der Waals surface area contributed by atoms with Crippen molar-refractivity contribution in [1.29, 1.82) is 0 Å². The first-order valence-corrected chi connectivity index (χ1v) is 11.5. The van der Waals surface area contributed by atoms with Crippen LogP contribution in [0, 0.1) is 5.82 Å². The topological polar surface area (TPSA) is 79.7 Å². The smallest absolute Gasteiger partial charge is 0.165 e. The van der Waals surface area contributed by atoms with E-state index in [1.54, 1.807) is 25.3 Å². The number of hydrogen-bond acceptors (Lipinski definition) is 7. The monoisotopic (exact) mass is 472 g/mol. The Bertz CT molecular complexity index is 1150. The van der Waals surface area contributed by atoms with Crippen LogP contribution in [-0.2, 0) is 0 Å². The van der Waals surface area contributed by atoms with Crippen molar-refractivity contribution in [2.45, 2.75) is 43.9 Å². The van der Waals surface area contributed by atoms with E-state index in [4.69, 9.17) is 21.1 Å². The molecule has 1 aromatic heterocycles. The second-order valence-corrected chi connectivity index (χ2v) is 9.03. The minimum Gasteiger partial charge on any atom is -0.493 e. The molecule has 0 radical (unpaired) electrons. The van der Waals surface area contributed by atoms with Crippen LogP contribution >= 0.6 is 11.6 Å². The number of aliphatic hydroxyl groups excluding tert-OH is 1. The molecule has 0 bridgehead atoms. The van der Waals surface area contributed by atoms with Crippen molar-refractivity contribution in [3.8, 4) is 11.5 Å². The summed E-state index contributed by atoms with van der Waals surface area (Å²) in [5.41, 5.74) is 0.884. The minimum atomic E-state index is -0.539. The molecule has 0 amide bonds. The van der Waals surface area contributed by atoms with Gasteiger partial charge in [0.15, 0.2) is 17.3 Å². The van der Waals surface area contributed by atoms with Gasteiger partial charge >= 0.3 is 0 Å². The second-order valence-electron chi connectivity index (χ2n) is 8.62. The molecule has 2 fully saturated rings. The summed E-state index contributed by atoms with van der Waals surface area (Å²) in [5.74, 6) is 1.11. The molecule has 1 aliphatic heterocycles. The highest BCUT2D eigenvalue weighted by Gasteiger charge is 2.34. The molecule has 174 valence electrons. The highest BCUT2D eigenvalue weighted by Crippen LogP contribution is 2.38. The van der Waals surface area contributed by atoms with Crippen molar-refractivity contribution in [2.24, 2.45) is 0 Å². The maximum absolute atomic E-state index is 14.4. The quantitative estimate of drug-likeness (QED) is 0.545. The summed E-state index contributed by atoms with van der Waals surface area (Å²) in [6, 6.07) is 8.94. The molecule has 2 N–H and O–H groups in total. The molecular formula is C24H26ClFN4O3. The molecule has 9 heteroatoms. The number of methoxy groups -OCH3 is 1. The third-order valence-corrected chi connectivity index (χ3v) is 6.76. The van der Waals surface area contributed by atoms with Gasteiger partial charge in [0.1, 0.15) is 12.1 Å². The third kappa shape index (κ3) is 4.55. The van der Waals surface area contributed by atoms with Gasteiger partial charge in [0.05, 0.1) is 35.5 Å². The predicted molar refractivity (Wildman–Crippen MR) is 125 cm³/mol. The van der Waals surface area contributed by atoms with Crippen molar-refractivity contribution in [3.05, 3.63) is 47.5 Å². The fraction of sp³-hybridized carbons (Fsp3) is 0.417. The van der Waals surface area contributed by atoms with E-state index >= 15 is 0 Å². The van der Waals surface area contributed by atoms with Crippen LogP contribution in [0.1, 0.15) is 25.7 Å². The molecule has 33 heavy (non-hydrogen) atoms. The molecule has 0 unspecified atom stereocenters. The number of β-amino-alcohol motifs (C(OH)–C–C–N with tert-alkyl or cyclic N) is 1. The van der Waals surface area contributed by atoms with Crippen molar-refractivity contribution < 1.29 is 19.0 Å². The fourth-order valence-corrected chi connectivity index (χ4v) is 4.81. The van der Waals surface area contributed by atoms with Gasteiger partial charge in [-0.2, -0.15) is 0 Å². The van der Waals surface area contributed by atoms with Crippen LogP contribution in [0.4, 0.5) is 15.9 Å². The first kappa shape index (κ1) is 22.1. The summed E-state index contributed by atoms with van der Waals surface area (Å²) in [5, 5.41) is 13.3. The number of aromatic nitrogens is 2. The molecule has 3 aromatic rings. The summed E-state index contributed by atoms with van der Waals surface area (Å²) < 4.78 is 26.4. The van der Waals surface area contributed by atoms with Gasteiger partial charge in [0.25, 0.3) is 0 Å². The Labute approximate surface area is 196 Å². The number of nitrogens with one attached hydrogen (secondary N) is 1. The number of fused-ring (bicyclic) bond motifs is 1. The number of benzene rings is 2. The number of nitrogens with zero attached hydrogens (tertiary/aromatic N) is 3.